The number of fused-ring (bicyclic) bond motifs is 13. The van der Waals surface area contributed by atoms with Gasteiger partial charge in [0.15, 0.2) is 0 Å². The summed E-state index contributed by atoms with van der Waals surface area (Å²) in [6.07, 6.45) is 0. The summed E-state index contributed by atoms with van der Waals surface area (Å²) in [5.74, 6) is 0. The second-order valence-electron chi connectivity index (χ2n) is 20.5. The van der Waals surface area contributed by atoms with E-state index in [1.54, 1.807) is 0 Å². The largest absolute Gasteiger partial charge is 0.0619 e. The molecule has 0 N–H and O–H groups in total. The molecule has 0 saturated carbocycles. The first-order valence-corrected chi connectivity index (χ1v) is 24.1. The first kappa shape index (κ1) is 39.1. The van der Waals surface area contributed by atoms with Gasteiger partial charge in [0.05, 0.1) is 0 Å². The molecule has 0 atom stereocenters. The van der Waals surface area contributed by atoms with Crippen molar-refractivity contribution in [2.24, 2.45) is 0 Å². The summed E-state index contributed by atoms with van der Waals surface area (Å²) in [6, 6.07) is 82.7. The van der Waals surface area contributed by atoms with Gasteiger partial charge in [-0.15, -0.1) is 0 Å². The summed E-state index contributed by atoms with van der Waals surface area (Å²) >= 11 is 0. The van der Waals surface area contributed by atoms with E-state index < -0.39 is 0 Å². The highest BCUT2D eigenvalue weighted by atomic mass is 14.4. The van der Waals surface area contributed by atoms with Crippen LogP contribution in [0.3, 0.4) is 0 Å². The average molecular weight is 865 g/mol. The number of benzene rings is 12. The average Bonchev–Trinajstić information content (AvgIpc) is 3.75. The van der Waals surface area contributed by atoms with Crippen LogP contribution in [0.25, 0.3) is 121 Å². The van der Waals surface area contributed by atoms with Crippen LogP contribution in [0.2, 0.25) is 0 Å². The lowest BCUT2D eigenvalue weighted by Gasteiger charge is -2.23. The maximum absolute atomic E-state index is 2.46. The Balaban J connectivity index is 0.771. The Bertz CT molecular complexity index is 4140. The van der Waals surface area contributed by atoms with E-state index in [4.69, 9.17) is 0 Å². The van der Waals surface area contributed by atoms with Crippen LogP contribution in [0.1, 0.15) is 49.9 Å². The van der Waals surface area contributed by atoms with Gasteiger partial charge in [0.2, 0.25) is 0 Å². The highest BCUT2D eigenvalue weighted by molar-refractivity contribution is 6.21. The Hall–Kier alpha value is -8.06. The van der Waals surface area contributed by atoms with E-state index >= 15 is 0 Å². The number of hydrogen-bond donors (Lipinski definition) is 0. The van der Waals surface area contributed by atoms with Crippen LogP contribution in [0.15, 0.2) is 218 Å². The SMILES string of the molecule is CC1(C)c2ccccc2-c2ccc(-c3ccc4c(c3)C(C)(C)c3cc(-c5ccc6cc(-c7ccc8ccc(-c9cc%10c%11ccccc%11ccc%10c%10ccccc9%10)cc8c7)ccc6c5)ccc3-4)cc21. The highest BCUT2D eigenvalue weighted by Gasteiger charge is 2.37. The Morgan fingerprint density at radius 1 is 0.206 bits per heavy atom. The predicted octanol–water partition coefficient (Wildman–Crippen LogP) is 18.7. The zero-order valence-corrected chi connectivity index (χ0v) is 38.8. The maximum Gasteiger partial charge on any atom is 0.0159 e. The van der Waals surface area contributed by atoms with Gasteiger partial charge in [-0.1, -0.05) is 198 Å². The van der Waals surface area contributed by atoms with Crippen molar-refractivity contribution in [2.45, 2.75) is 38.5 Å². The second kappa shape index (κ2) is 14.2. The van der Waals surface area contributed by atoms with Crippen LogP contribution in [0.5, 0.6) is 0 Å². The van der Waals surface area contributed by atoms with Gasteiger partial charge >= 0.3 is 0 Å². The highest BCUT2D eigenvalue weighted by Crippen LogP contribution is 2.53. The summed E-state index contributed by atoms with van der Waals surface area (Å²) < 4.78 is 0. The second-order valence-corrected chi connectivity index (χ2v) is 20.5. The Morgan fingerprint density at radius 2 is 0.603 bits per heavy atom. The van der Waals surface area contributed by atoms with E-state index in [9.17, 15) is 0 Å². The molecule has 0 spiro atoms. The molecule has 0 heteroatoms. The van der Waals surface area contributed by atoms with Crippen molar-refractivity contribution in [3.8, 4) is 66.8 Å². The Morgan fingerprint density at radius 3 is 1.22 bits per heavy atom. The lowest BCUT2D eigenvalue weighted by atomic mass is 9.80. The third-order valence-electron chi connectivity index (χ3n) is 16.0. The number of rotatable bonds is 4. The van der Waals surface area contributed by atoms with E-state index in [1.165, 1.54) is 143 Å². The fourth-order valence-electron chi connectivity index (χ4n) is 12.3. The summed E-state index contributed by atoms with van der Waals surface area (Å²) in [5.41, 5.74) is 20.9. The molecule has 0 saturated heterocycles. The molecular weight excluding hydrogens is 817 g/mol. The fourth-order valence-corrected chi connectivity index (χ4v) is 12.3. The van der Waals surface area contributed by atoms with Crippen molar-refractivity contribution in [2.75, 3.05) is 0 Å². The minimum absolute atomic E-state index is 0.0226. The molecule has 320 valence electrons. The van der Waals surface area contributed by atoms with Gasteiger partial charge in [0, 0.05) is 10.8 Å². The summed E-state index contributed by atoms with van der Waals surface area (Å²) in [7, 11) is 0. The van der Waals surface area contributed by atoms with Crippen molar-refractivity contribution in [1.82, 2.24) is 0 Å². The van der Waals surface area contributed by atoms with Gasteiger partial charge < -0.3 is 0 Å². The van der Waals surface area contributed by atoms with E-state index in [1.807, 2.05) is 0 Å². The van der Waals surface area contributed by atoms with Crippen LogP contribution in [-0.2, 0) is 10.8 Å². The van der Waals surface area contributed by atoms with E-state index in [2.05, 4.69) is 246 Å². The molecule has 0 radical (unpaired) electrons. The summed E-state index contributed by atoms with van der Waals surface area (Å²) in [6.45, 7) is 9.53. The minimum Gasteiger partial charge on any atom is -0.0619 e. The number of hydrogen-bond acceptors (Lipinski definition) is 0. The maximum atomic E-state index is 2.46. The molecule has 14 rings (SSSR count). The molecule has 2 aliphatic carbocycles. The van der Waals surface area contributed by atoms with Crippen molar-refractivity contribution < 1.29 is 0 Å². The quantitative estimate of drug-likeness (QED) is 0.155. The zero-order chi connectivity index (χ0) is 45.5. The first-order chi connectivity index (χ1) is 33.2. The topological polar surface area (TPSA) is 0 Å². The standard InChI is InChI=1S/C68H48/c1-67(2)63-16-10-9-15-57(63)58-30-27-49(38-64(58)67)50-28-32-60-59-31-26-48(37-65(59)68(3,4)66(60)39-50)46-23-22-43-33-45(21-20-44(43)34-46)47-19-17-41-18-24-51(36-52(41)35-47)61-40-62-53-12-6-5-11-42(53)25-29-56(62)54-13-7-8-14-55(54)61/h5-40H,1-4H3. The normalized spacial score (nSPS) is 14.1. The van der Waals surface area contributed by atoms with Crippen molar-refractivity contribution in [3.05, 3.63) is 241 Å². The van der Waals surface area contributed by atoms with Gasteiger partial charge in [0.1, 0.15) is 0 Å². The Labute approximate surface area is 397 Å². The lowest BCUT2D eigenvalue weighted by molar-refractivity contribution is 0.659. The molecule has 12 aromatic rings. The molecule has 68 heavy (non-hydrogen) atoms. The molecule has 2 aliphatic rings. The van der Waals surface area contributed by atoms with Gasteiger partial charge in [0.25, 0.3) is 0 Å². The Kier molecular flexibility index (Phi) is 8.19. The van der Waals surface area contributed by atoms with Crippen molar-refractivity contribution in [1.29, 1.82) is 0 Å². The van der Waals surface area contributed by atoms with Gasteiger partial charge in [-0.05, 0) is 191 Å². The van der Waals surface area contributed by atoms with Crippen molar-refractivity contribution in [3.63, 3.8) is 0 Å². The molecule has 0 heterocycles. The van der Waals surface area contributed by atoms with E-state index in [-0.39, 0.29) is 10.8 Å². The summed E-state index contributed by atoms with van der Waals surface area (Å²) in [5, 5.41) is 12.7. The minimum atomic E-state index is -0.132. The molecule has 0 fully saturated rings. The molecule has 0 aliphatic heterocycles. The van der Waals surface area contributed by atoms with Crippen LogP contribution < -0.4 is 0 Å². The van der Waals surface area contributed by atoms with Crippen LogP contribution in [-0.4, -0.2) is 0 Å². The summed E-state index contributed by atoms with van der Waals surface area (Å²) in [4.78, 5) is 0. The molecule has 12 aromatic carbocycles. The lowest BCUT2D eigenvalue weighted by Crippen LogP contribution is -2.15. The van der Waals surface area contributed by atoms with Gasteiger partial charge in [-0.2, -0.15) is 0 Å². The molecule has 0 amide bonds. The van der Waals surface area contributed by atoms with E-state index in [0.29, 0.717) is 0 Å². The van der Waals surface area contributed by atoms with Crippen LogP contribution >= 0.6 is 0 Å². The molecule has 0 nitrogen and oxygen atoms in total. The van der Waals surface area contributed by atoms with Gasteiger partial charge in [-0.3, -0.25) is 0 Å². The first-order valence-electron chi connectivity index (χ1n) is 24.1. The van der Waals surface area contributed by atoms with Crippen LogP contribution in [0.4, 0.5) is 0 Å². The molecule has 0 aromatic heterocycles. The van der Waals surface area contributed by atoms with Crippen LogP contribution in [0, 0.1) is 0 Å². The fraction of sp³-hybridized carbons (Fsp3) is 0.0882. The zero-order valence-electron chi connectivity index (χ0n) is 38.8. The predicted molar refractivity (Wildman–Crippen MR) is 291 cm³/mol. The van der Waals surface area contributed by atoms with Crippen molar-refractivity contribution >= 4 is 53.9 Å². The smallest absolute Gasteiger partial charge is 0.0159 e. The molecular formula is C68H48. The molecule has 0 unspecified atom stereocenters. The molecule has 0 bridgehead atoms. The third-order valence-corrected chi connectivity index (χ3v) is 16.0. The van der Waals surface area contributed by atoms with E-state index in [0.717, 1.165) is 0 Å². The monoisotopic (exact) mass is 864 g/mol. The van der Waals surface area contributed by atoms with Gasteiger partial charge in [-0.25, -0.2) is 0 Å². The third kappa shape index (κ3) is 5.74.